The highest BCUT2D eigenvalue weighted by Gasteiger charge is 2.22. The Hall–Kier alpha value is -1.71. The molecule has 0 radical (unpaired) electrons. The maximum atomic E-state index is 11.5. The summed E-state index contributed by atoms with van der Waals surface area (Å²) in [5.41, 5.74) is -0.0685. The standard InChI is InChI=1S/C12H18N2O6S/c1-20-8-6-13(5-7-15)11-4-3-10(21(2,18)19)9-12(11)14(16)17/h3-4,9,15H,5-8H2,1-2H3. The third-order valence-electron chi connectivity index (χ3n) is 2.85. The molecule has 1 rings (SSSR count). The molecule has 1 N–H and O–H groups in total. The SMILES string of the molecule is COCCN(CCO)c1ccc(S(C)(=O)=O)cc1[N+](=O)[O-]. The van der Waals surface area contributed by atoms with Gasteiger partial charge in [-0.15, -0.1) is 0 Å². The lowest BCUT2D eigenvalue weighted by Gasteiger charge is -2.23. The molecule has 1 aromatic carbocycles. The van der Waals surface area contributed by atoms with Crippen LogP contribution in [0, 0.1) is 10.1 Å². The molecular formula is C12H18N2O6S. The van der Waals surface area contributed by atoms with Gasteiger partial charge in [0, 0.05) is 32.5 Å². The van der Waals surface area contributed by atoms with Crippen molar-refractivity contribution in [3.63, 3.8) is 0 Å². The molecule has 0 spiro atoms. The van der Waals surface area contributed by atoms with Crippen molar-refractivity contribution in [3.05, 3.63) is 28.3 Å². The Morgan fingerprint density at radius 2 is 2.05 bits per heavy atom. The van der Waals surface area contributed by atoms with E-state index in [1.807, 2.05) is 0 Å². The second-order valence-electron chi connectivity index (χ2n) is 4.38. The van der Waals surface area contributed by atoms with E-state index in [4.69, 9.17) is 9.84 Å². The minimum absolute atomic E-state index is 0.117. The maximum Gasteiger partial charge on any atom is 0.293 e. The zero-order chi connectivity index (χ0) is 16.0. The molecule has 0 bridgehead atoms. The van der Waals surface area contributed by atoms with E-state index in [0.29, 0.717) is 13.2 Å². The van der Waals surface area contributed by atoms with Gasteiger partial charge in [-0.05, 0) is 12.1 Å². The summed E-state index contributed by atoms with van der Waals surface area (Å²) in [7, 11) is -2.03. The predicted molar refractivity (Wildman–Crippen MR) is 77.4 cm³/mol. The van der Waals surface area contributed by atoms with Crippen LogP contribution in [-0.2, 0) is 14.6 Å². The monoisotopic (exact) mass is 318 g/mol. The molecule has 0 amide bonds. The number of nitro benzene ring substituents is 1. The van der Waals surface area contributed by atoms with Gasteiger partial charge in [0.05, 0.1) is 23.0 Å². The van der Waals surface area contributed by atoms with Crippen LogP contribution in [0.15, 0.2) is 23.1 Å². The van der Waals surface area contributed by atoms with Gasteiger partial charge in [0.25, 0.3) is 5.69 Å². The smallest absolute Gasteiger partial charge is 0.293 e. The van der Waals surface area contributed by atoms with Gasteiger partial charge in [-0.2, -0.15) is 0 Å². The molecule has 0 heterocycles. The number of nitrogens with zero attached hydrogens (tertiary/aromatic N) is 2. The van der Waals surface area contributed by atoms with Gasteiger partial charge in [0.15, 0.2) is 9.84 Å². The lowest BCUT2D eigenvalue weighted by molar-refractivity contribution is -0.384. The molecule has 0 atom stereocenters. The van der Waals surface area contributed by atoms with Gasteiger partial charge in [0.1, 0.15) is 5.69 Å². The number of ether oxygens (including phenoxy) is 1. The first-order valence-corrected chi connectivity index (χ1v) is 8.03. The van der Waals surface area contributed by atoms with Crippen molar-refractivity contribution in [2.24, 2.45) is 0 Å². The van der Waals surface area contributed by atoms with Crippen molar-refractivity contribution in [1.82, 2.24) is 0 Å². The zero-order valence-electron chi connectivity index (χ0n) is 11.9. The maximum absolute atomic E-state index is 11.5. The van der Waals surface area contributed by atoms with E-state index in [0.717, 1.165) is 12.3 Å². The van der Waals surface area contributed by atoms with Gasteiger partial charge in [-0.3, -0.25) is 10.1 Å². The molecule has 118 valence electrons. The quantitative estimate of drug-likeness (QED) is 0.547. The number of hydrogen-bond donors (Lipinski definition) is 1. The Morgan fingerprint density at radius 1 is 1.38 bits per heavy atom. The molecule has 0 fully saturated rings. The van der Waals surface area contributed by atoms with E-state index < -0.39 is 14.8 Å². The number of sulfone groups is 1. The lowest BCUT2D eigenvalue weighted by atomic mass is 10.2. The van der Waals surface area contributed by atoms with E-state index in [1.54, 1.807) is 4.90 Å². The first-order valence-electron chi connectivity index (χ1n) is 6.14. The van der Waals surface area contributed by atoms with Crippen molar-refractivity contribution >= 4 is 21.2 Å². The van der Waals surface area contributed by atoms with Crippen molar-refractivity contribution in [1.29, 1.82) is 0 Å². The molecule has 0 unspecified atom stereocenters. The first-order chi connectivity index (χ1) is 9.81. The van der Waals surface area contributed by atoms with E-state index in [1.165, 1.54) is 19.2 Å². The minimum Gasteiger partial charge on any atom is -0.395 e. The van der Waals surface area contributed by atoms with Crippen LogP contribution in [0.25, 0.3) is 0 Å². The highest BCUT2D eigenvalue weighted by atomic mass is 32.2. The number of aliphatic hydroxyl groups is 1. The van der Waals surface area contributed by atoms with Crippen LogP contribution in [0.5, 0.6) is 0 Å². The fourth-order valence-electron chi connectivity index (χ4n) is 1.82. The number of anilines is 1. The Balaban J connectivity index is 3.29. The second-order valence-corrected chi connectivity index (χ2v) is 6.40. The molecule has 0 aliphatic heterocycles. The normalized spacial score (nSPS) is 11.4. The van der Waals surface area contributed by atoms with Crippen molar-refractivity contribution in [2.45, 2.75) is 4.90 Å². The summed E-state index contributed by atoms with van der Waals surface area (Å²) in [5, 5.41) is 20.2. The third-order valence-corrected chi connectivity index (χ3v) is 3.96. The third kappa shape index (κ3) is 4.66. The molecule has 0 aromatic heterocycles. The highest BCUT2D eigenvalue weighted by molar-refractivity contribution is 7.90. The van der Waals surface area contributed by atoms with E-state index in [2.05, 4.69) is 0 Å². The summed E-state index contributed by atoms with van der Waals surface area (Å²) in [6.07, 6.45) is 0.988. The van der Waals surface area contributed by atoms with Crippen LogP contribution >= 0.6 is 0 Å². The fourth-order valence-corrected chi connectivity index (χ4v) is 2.46. The Labute approximate surface area is 123 Å². The number of benzene rings is 1. The summed E-state index contributed by atoms with van der Waals surface area (Å²) in [4.78, 5) is 12.0. The summed E-state index contributed by atoms with van der Waals surface area (Å²) < 4.78 is 27.9. The van der Waals surface area contributed by atoms with Crippen LogP contribution in [0.2, 0.25) is 0 Å². The van der Waals surface area contributed by atoms with Crippen LogP contribution in [0.4, 0.5) is 11.4 Å². The molecule has 21 heavy (non-hydrogen) atoms. The minimum atomic E-state index is -3.53. The summed E-state index contributed by atoms with van der Waals surface area (Å²) in [5.74, 6) is 0. The summed E-state index contributed by atoms with van der Waals surface area (Å²) in [6.45, 7) is 0.665. The molecule has 0 saturated heterocycles. The lowest BCUT2D eigenvalue weighted by Crippen LogP contribution is -2.30. The number of methoxy groups -OCH3 is 1. The second kappa shape index (κ2) is 7.34. The van der Waals surface area contributed by atoms with Gasteiger partial charge >= 0.3 is 0 Å². The topological polar surface area (TPSA) is 110 Å². The largest absolute Gasteiger partial charge is 0.395 e. The Morgan fingerprint density at radius 3 is 2.52 bits per heavy atom. The van der Waals surface area contributed by atoms with E-state index in [9.17, 15) is 18.5 Å². The van der Waals surface area contributed by atoms with Gasteiger partial charge in [-0.1, -0.05) is 0 Å². The van der Waals surface area contributed by atoms with Gasteiger partial charge < -0.3 is 14.7 Å². The molecule has 1 aromatic rings. The zero-order valence-corrected chi connectivity index (χ0v) is 12.7. The highest BCUT2D eigenvalue weighted by Crippen LogP contribution is 2.30. The van der Waals surface area contributed by atoms with Gasteiger partial charge in [-0.25, -0.2) is 8.42 Å². The molecular weight excluding hydrogens is 300 g/mol. The molecule has 9 heteroatoms. The number of rotatable bonds is 8. The van der Waals surface area contributed by atoms with Crippen molar-refractivity contribution in [2.75, 3.05) is 44.6 Å². The number of nitro groups is 1. The van der Waals surface area contributed by atoms with Crippen molar-refractivity contribution < 1.29 is 23.2 Å². The van der Waals surface area contributed by atoms with Crippen LogP contribution in [0.3, 0.4) is 0 Å². The average molecular weight is 318 g/mol. The van der Waals surface area contributed by atoms with E-state index in [-0.39, 0.29) is 29.4 Å². The first kappa shape index (κ1) is 17.3. The van der Waals surface area contributed by atoms with Crippen LogP contribution in [-0.4, -0.2) is 58.1 Å². The summed E-state index contributed by atoms with van der Waals surface area (Å²) in [6, 6.07) is 3.72. The van der Waals surface area contributed by atoms with Crippen molar-refractivity contribution in [3.8, 4) is 0 Å². The molecule has 8 nitrogen and oxygen atoms in total. The number of aliphatic hydroxyl groups excluding tert-OH is 1. The average Bonchev–Trinajstić information content (AvgIpc) is 2.41. The van der Waals surface area contributed by atoms with Crippen LogP contribution in [0.1, 0.15) is 0 Å². The predicted octanol–water partition coefficient (Wildman–Crippen LogP) is 0.443. The van der Waals surface area contributed by atoms with E-state index >= 15 is 0 Å². The Bertz CT molecular complexity index is 602. The fraction of sp³-hybridized carbons (Fsp3) is 0.500. The van der Waals surface area contributed by atoms with Crippen LogP contribution < -0.4 is 4.90 Å². The number of hydrogen-bond acceptors (Lipinski definition) is 7. The molecule has 0 saturated carbocycles. The van der Waals surface area contributed by atoms with Gasteiger partial charge in [0.2, 0.25) is 0 Å². The summed E-state index contributed by atoms with van der Waals surface area (Å²) >= 11 is 0. The molecule has 0 aliphatic rings. The Kier molecular flexibility index (Phi) is 6.06. The molecule has 0 aliphatic carbocycles.